The van der Waals surface area contributed by atoms with Gasteiger partial charge in [0.25, 0.3) is 0 Å². The van der Waals surface area contributed by atoms with Crippen LogP contribution in [0.1, 0.15) is 22.0 Å². The molecule has 12 heavy (non-hydrogen) atoms. The van der Waals surface area contributed by atoms with Gasteiger partial charge < -0.3 is 10.5 Å². The molecule has 0 aliphatic carbocycles. The molecule has 1 heterocycles. The Morgan fingerprint density at radius 1 is 1.42 bits per heavy atom. The van der Waals surface area contributed by atoms with Gasteiger partial charge in [0.15, 0.2) is 0 Å². The Kier molecular flexibility index (Phi) is 1.59. The number of fused-ring (bicyclic) bond motifs is 1. The molecule has 1 aliphatic rings. The highest BCUT2D eigenvalue weighted by molar-refractivity contribution is 5.92. The van der Waals surface area contributed by atoms with Crippen LogP contribution in [0.2, 0.25) is 0 Å². The molecule has 1 unspecified atom stereocenters. The highest BCUT2D eigenvalue weighted by Crippen LogP contribution is 2.21. The van der Waals surface area contributed by atoms with Gasteiger partial charge in [0.05, 0.1) is 11.6 Å². The molecule has 3 nitrogen and oxygen atoms in total. The lowest BCUT2D eigenvalue weighted by atomic mass is 9.99. The fraction of sp³-hybridized carbons (Fsp3) is 0.222. The summed E-state index contributed by atoms with van der Waals surface area (Å²) in [7, 11) is 0. The highest BCUT2D eigenvalue weighted by atomic mass is 16.5. The Hall–Kier alpha value is -1.35. The molecular formula is C9H9NO2. The molecule has 1 aliphatic heterocycles. The van der Waals surface area contributed by atoms with Gasteiger partial charge in [-0.2, -0.15) is 0 Å². The first-order valence-corrected chi connectivity index (χ1v) is 3.80. The van der Waals surface area contributed by atoms with Crippen molar-refractivity contribution in [2.75, 3.05) is 6.61 Å². The standard InChI is InChI=1S/C9H9NO2/c10-8-5-12-9(11)7-4-2-1-3-6(7)8/h1-4,8H,5,10H2. The normalized spacial score (nSPS) is 21.4. The SMILES string of the molecule is NC1COC(=O)c2ccccc21. The molecule has 0 fully saturated rings. The van der Waals surface area contributed by atoms with Gasteiger partial charge in [-0.05, 0) is 11.6 Å². The molecule has 0 bridgehead atoms. The molecule has 0 aromatic heterocycles. The maximum Gasteiger partial charge on any atom is 0.338 e. The number of hydrogen-bond donors (Lipinski definition) is 1. The van der Waals surface area contributed by atoms with E-state index in [0.29, 0.717) is 5.56 Å². The van der Waals surface area contributed by atoms with Crippen molar-refractivity contribution in [3.05, 3.63) is 35.4 Å². The van der Waals surface area contributed by atoms with Gasteiger partial charge in [0.1, 0.15) is 6.61 Å². The second-order valence-corrected chi connectivity index (χ2v) is 2.79. The third-order valence-corrected chi connectivity index (χ3v) is 1.97. The Morgan fingerprint density at radius 2 is 2.17 bits per heavy atom. The summed E-state index contributed by atoms with van der Waals surface area (Å²) in [6, 6.07) is 7.10. The van der Waals surface area contributed by atoms with E-state index in [2.05, 4.69) is 0 Å². The zero-order valence-corrected chi connectivity index (χ0v) is 6.49. The molecule has 62 valence electrons. The van der Waals surface area contributed by atoms with Crippen LogP contribution in [0, 0.1) is 0 Å². The van der Waals surface area contributed by atoms with Gasteiger partial charge in [-0.1, -0.05) is 18.2 Å². The van der Waals surface area contributed by atoms with E-state index in [1.807, 2.05) is 12.1 Å². The number of carbonyl (C=O) groups excluding carboxylic acids is 1. The number of hydrogen-bond acceptors (Lipinski definition) is 3. The third-order valence-electron chi connectivity index (χ3n) is 1.97. The summed E-state index contributed by atoms with van der Waals surface area (Å²) < 4.78 is 4.85. The van der Waals surface area contributed by atoms with Crippen LogP contribution < -0.4 is 5.73 Å². The minimum absolute atomic E-state index is 0.168. The fourth-order valence-electron chi connectivity index (χ4n) is 1.34. The van der Waals surface area contributed by atoms with Crippen molar-refractivity contribution in [1.82, 2.24) is 0 Å². The first-order valence-electron chi connectivity index (χ1n) is 3.80. The molecule has 0 radical (unpaired) electrons. The highest BCUT2D eigenvalue weighted by Gasteiger charge is 2.23. The lowest BCUT2D eigenvalue weighted by molar-refractivity contribution is 0.0443. The summed E-state index contributed by atoms with van der Waals surface area (Å²) in [5.74, 6) is -0.271. The van der Waals surface area contributed by atoms with Gasteiger partial charge in [0, 0.05) is 0 Å². The summed E-state index contributed by atoms with van der Waals surface area (Å²) >= 11 is 0. The molecule has 0 spiro atoms. The lowest BCUT2D eigenvalue weighted by Crippen LogP contribution is -2.27. The molecule has 1 atom stereocenters. The average molecular weight is 163 g/mol. The third kappa shape index (κ3) is 0.987. The van der Waals surface area contributed by atoms with Crippen molar-refractivity contribution < 1.29 is 9.53 Å². The zero-order chi connectivity index (χ0) is 8.55. The number of carbonyl (C=O) groups is 1. The van der Waals surface area contributed by atoms with Crippen LogP contribution in [0.5, 0.6) is 0 Å². The number of nitrogens with two attached hydrogens (primary N) is 1. The molecular weight excluding hydrogens is 154 g/mol. The van der Waals surface area contributed by atoms with Crippen molar-refractivity contribution >= 4 is 5.97 Å². The first kappa shape index (κ1) is 7.31. The number of benzene rings is 1. The number of esters is 1. The lowest BCUT2D eigenvalue weighted by Gasteiger charge is -2.20. The minimum atomic E-state index is -0.271. The van der Waals surface area contributed by atoms with Gasteiger partial charge in [-0.25, -0.2) is 4.79 Å². The molecule has 2 N–H and O–H groups in total. The zero-order valence-electron chi connectivity index (χ0n) is 6.49. The van der Waals surface area contributed by atoms with E-state index in [9.17, 15) is 4.79 Å². The molecule has 2 rings (SSSR count). The second-order valence-electron chi connectivity index (χ2n) is 2.79. The number of ether oxygens (including phenoxy) is 1. The predicted octanol–water partition coefficient (Wildman–Crippen LogP) is 0.857. The van der Waals surface area contributed by atoms with Crippen molar-refractivity contribution in [2.45, 2.75) is 6.04 Å². The van der Waals surface area contributed by atoms with E-state index in [0.717, 1.165) is 5.56 Å². The topological polar surface area (TPSA) is 52.3 Å². The van der Waals surface area contributed by atoms with Gasteiger partial charge >= 0.3 is 5.97 Å². The van der Waals surface area contributed by atoms with E-state index >= 15 is 0 Å². The predicted molar refractivity (Wildman–Crippen MR) is 43.7 cm³/mol. The van der Waals surface area contributed by atoms with E-state index in [1.165, 1.54) is 0 Å². The summed E-state index contributed by atoms with van der Waals surface area (Å²) in [5.41, 5.74) is 7.21. The van der Waals surface area contributed by atoms with Gasteiger partial charge in [-0.15, -0.1) is 0 Å². The molecule has 1 aromatic rings. The van der Waals surface area contributed by atoms with Crippen molar-refractivity contribution in [1.29, 1.82) is 0 Å². The smallest absolute Gasteiger partial charge is 0.338 e. The van der Waals surface area contributed by atoms with Crippen LogP contribution in [-0.2, 0) is 4.74 Å². The van der Waals surface area contributed by atoms with Crippen LogP contribution >= 0.6 is 0 Å². The largest absolute Gasteiger partial charge is 0.460 e. The van der Waals surface area contributed by atoms with Crippen LogP contribution in [0.3, 0.4) is 0 Å². The Bertz CT molecular complexity index is 322. The number of cyclic esters (lactones) is 1. The molecule has 3 heteroatoms. The average Bonchev–Trinajstić information content (AvgIpc) is 2.12. The van der Waals surface area contributed by atoms with E-state index in [-0.39, 0.29) is 18.6 Å². The van der Waals surface area contributed by atoms with Crippen molar-refractivity contribution in [3.8, 4) is 0 Å². The first-order chi connectivity index (χ1) is 5.79. The summed E-state index contributed by atoms with van der Waals surface area (Å²) in [4.78, 5) is 11.2. The van der Waals surface area contributed by atoms with Crippen molar-refractivity contribution in [3.63, 3.8) is 0 Å². The van der Waals surface area contributed by atoms with Crippen LogP contribution in [0.4, 0.5) is 0 Å². The van der Waals surface area contributed by atoms with Crippen LogP contribution in [0.25, 0.3) is 0 Å². The van der Waals surface area contributed by atoms with Crippen molar-refractivity contribution in [2.24, 2.45) is 5.73 Å². The van der Waals surface area contributed by atoms with E-state index in [4.69, 9.17) is 10.5 Å². The Morgan fingerprint density at radius 3 is 2.92 bits per heavy atom. The van der Waals surface area contributed by atoms with Gasteiger partial charge in [0.2, 0.25) is 0 Å². The Balaban J connectivity index is 2.55. The summed E-state index contributed by atoms with van der Waals surface area (Å²) in [5, 5.41) is 0. The quantitative estimate of drug-likeness (QED) is 0.577. The Labute approximate surface area is 70.1 Å². The maximum absolute atomic E-state index is 11.2. The maximum atomic E-state index is 11.2. The summed E-state index contributed by atoms with van der Waals surface area (Å²) in [6.45, 7) is 0.288. The van der Waals surface area contributed by atoms with Crippen LogP contribution in [0.15, 0.2) is 24.3 Å². The fourth-order valence-corrected chi connectivity index (χ4v) is 1.34. The molecule has 0 saturated heterocycles. The number of rotatable bonds is 0. The van der Waals surface area contributed by atoms with E-state index < -0.39 is 0 Å². The molecule has 0 saturated carbocycles. The minimum Gasteiger partial charge on any atom is -0.460 e. The van der Waals surface area contributed by atoms with Crippen LogP contribution in [-0.4, -0.2) is 12.6 Å². The second kappa shape index (κ2) is 2.60. The monoisotopic (exact) mass is 163 g/mol. The summed E-state index contributed by atoms with van der Waals surface area (Å²) in [6.07, 6.45) is 0. The van der Waals surface area contributed by atoms with Gasteiger partial charge in [-0.3, -0.25) is 0 Å². The molecule has 1 aromatic carbocycles. The van der Waals surface area contributed by atoms with E-state index in [1.54, 1.807) is 12.1 Å². The molecule has 0 amide bonds.